The standard InChI is InChI=1S/C21H33N7O/c1-13(2)24-20(22)27-17-7-5-15(6-8-17)19(29)26-16-9-11-18(12-10-16)28-21(23)25-14(3)4/h5-14,20-21,24-25,27-28H,22-23H2,1-4H3,(H,26,29). The summed E-state index contributed by atoms with van der Waals surface area (Å²) in [4.78, 5) is 12.5. The first kappa shape index (κ1) is 22.6. The molecule has 0 aromatic heterocycles. The molecule has 1 amide bonds. The van der Waals surface area contributed by atoms with Crippen LogP contribution in [0.15, 0.2) is 48.5 Å². The van der Waals surface area contributed by atoms with Crippen molar-refractivity contribution in [2.45, 2.75) is 52.4 Å². The van der Waals surface area contributed by atoms with Crippen molar-refractivity contribution in [1.29, 1.82) is 0 Å². The Balaban J connectivity index is 1.89. The van der Waals surface area contributed by atoms with Crippen LogP contribution in [0.5, 0.6) is 0 Å². The number of hydrogen-bond acceptors (Lipinski definition) is 7. The van der Waals surface area contributed by atoms with E-state index in [1.165, 1.54) is 0 Å². The van der Waals surface area contributed by atoms with Crippen LogP contribution in [0.2, 0.25) is 0 Å². The molecule has 8 heteroatoms. The van der Waals surface area contributed by atoms with Crippen LogP contribution in [-0.2, 0) is 0 Å². The van der Waals surface area contributed by atoms with Gasteiger partial charge in [-0.2, -0.15) is 0 Å². The molecule has 2 aromatic rings. The summed E-state index contributed by atoms with van der Waals surface area (Å²) in [6.45, 7) is 8.10. The lowest BCUT2D eigenvalue weighted by atomic mass is 10.2. The van der Waals surface area contributed by atoms with E-state index in [1.54, 1.807) is 12.1 Å². The monoisotopic (exact) mass is 399 g/mol. The van der Waals surface area contributed by atoms with Gasteiger partial charge in [0.25, 0.3) is 5.91 Å². The van der Waals surface area contributed by atoms with Crippen LogP contribution in [0.3, 0.4) is 0 Å². The molecule has 2 atom stereocenters. The Morgan fingerprint density at radius 2 is 1.07 bits per heavy atom. The van der Waals surface area contributed by atoms with Gasteiger partial charge >= 0.3 is 0 Å². The first-order valence-electron chi connectivity index (χ1n) is 9.80. The van der Waals surface area contributed by atoms with Gasteiger partial charge in [-0.05, 0) is 76.2 Å². The predicted molar refractivity (Wildman–Crippen MR) is 121 cm³/mol. The summed E-state index contributed by atoms with van der Waals surface area (Å²) < 4.78 is 0. The SMILES string of the molecule is CC(C)NC(N)Nc1ccc(NC(=O)c2ccc(NC(N)NC(C)C)cc2)cc1. The predicted octanol–water partition coefficient (Wildman–Crippen LogP) is 2.24. The fourth-order valence-electron chi connectivity index (χ4n) is 2.73. The summed E-state index contributed by atoms with van der Waals surface area (Å²) >= 11 is 0. The molecule has 0 heterocycles. The molecular formula is C21H33N7O. The van der Waals surface area contributed by atoms with Gasteiger partial charge in [-0.15, -0.1) is 0 Å². The van der Waals surface area contributed by atoms with E-state index in [0.29, 0.717) is 11.3 Å². The smallest absolute Gasteiger partial charge is 0.255 e. The van der Waals surface area contributed by atoms with Crippen LogP contribution in [0.1, 0.15) is 38.1 Å². The van der Waals surface area contributed by atoms with Crippen molar-refractivity contribution < 1.29 is 4.79 Å². The molecule has 0 bridgehead atoms. The topological polar surface area (TPSA) is 129 Å². The number of rotatable bonds is 10. The average Bonchev–Trinajstić information content (AvgIpc) is 2.62. The molecule has 2 unspecified atom stereocenters. The second kappa shape index (κ2) is 10.8. The van der Waals surface area contributed by atoms with Gasteiger partial charge in [-0.3, -0.25) is 26.9 Å². The van der Waals surface area contributed by atoms with E-state index < -0.39 is 0 Å². The number of anilines is 3. The van der Waals surface area contributed by atoms with Crippen molar-refractivity contribution in [2.24, 2.45) is 11.5 Å². The Morgan fingerprint density at radius 1 is 0.690 bits per heavy atom. The van der Waals surface area contributed by atoms with E-state index >= 15 is 0 Å². The number of hydrogen-bond donors (Lipinski definition) is 7. The normalized spacial score (nSPS) is 13.2. The molecular weight excluding hydrogens is 366 g/mol. The van der Waals surface area contributed by atoms with Gasteiger partial charge in [-0.1, -0.05) is 0 Å². The lowest BCUT2D eigenvalue weighted by Crippen LogP contribution is -2.47. The molecule has 9 N–H and O–H groups in total. The minimum absolute atomic E-state index is 0.181. The molecule has 2 rings (SSSR count). The molecule has 0 aliphatic heterocycles. The number of carbonyl (C=O) groups is 1. The first-order valence-corrected chi connectivity index (χ1v) is 9.80. The zero-order valence-electron chi connectivity index (χ0n) is 17.5. The average molecular weight is 400 g/mol. The molecule has 158 valence electrons. The van der Waals surface area contributed by atoms with Crippen molar-refractivity contribution in [3.05, 3.63) is 54.1 Å². The number of nitrogens with two attached hydrogens (primary N) is 2. The third kappa shape index (κ3) is 8.08. The van der Waals surface area contributed by atoms with Gasteiger partial charge in [-0.25, -0.2) is 0 Å². The van der Waals surface area contributed by atoms with Gasteiger partial charge in [0.2, 0.25) is 0 Å². The van der Waals surface area contributed by atoms with Crippen LogP contribution in [0, 0.1) is 0 Å². The maximum absolute atomic E-state index is 12.5. The summed E-state index contributed by atoms with van der Waals surface area (Å²) in [7, 11) is 0. The van der Waals surface area contributed by atoms with Crippen LogP contribution >= 0.6 is 0 Å². The Kier molecular flexibility index (Phi) is 8.41. The van der Waals surface area contributed by atoms with E-state index in [-0.39, 0.29) is 30.6 Å². The number of nitrogens with one attached hydrogen (secondary N) is 5. The van der Waals surface area contributed by atoms with Gasteiger partial charge in [0.15, 0.2) is 0 Å². The van der Waals surface area contributed by atoms with E-state index in [0.717, 1.165) is 11.4 Å². The number of amides is 1. The van der Waals surface area contributed by atoms with E-state index in [9.17, 15) is 4.79 Å². The highest BCUT2D eigenvalue weighted by Crippen LogP contribution is 2.16. The third-order valence-corrected chi connectivity index (χ3v) is 3.96. The highest BCUT2D eigenvalue weighted by atomic mass is 16.1. The molecule has 0 aliphatic rings. The molecule has 0 fully saturated rings. The zero-order chi connectivity index (χ0) is 21.4. The van der Waals surface area contributed by atoms with E-state index in [4.69, 9.17) is 11.5 Å². The van der Waals surface area contributed by atoms with Gasteiger partial charge in [0.05, 0.1) is 0 Å². The number of carbonyl (C=O) groups excluding carboxylic acids is 1. The van der Waals surface area contributed by atoms with Gasteiger partial charge in [0, 0.05) is 34.7 Å². The second-order valence-corrected chi connectivity index (χ2v) is 7.50. The molecule has 8 nitrogen and oxygen atoms in total. The Labute approximate surface area is 172 Å². The molecule has 0 saturated heterocycles. The van der Waals surface area contributed by atoms with E-state index in [1.807, 2.05) is 64.1 Å². The highest BCUT2D eigenvalue weighted by Gasteiger charge is 2.08. The lowest BCUT2D eigenvalue weighted by molar-refractivity contribution is 0.102. The fourth-order valence-corrected chi connectivity index (χ4v) is 2.73. The van der Waals surface area contributed by atoms with Crippen molar-refractivity contribution in [1.82, 2.24) is 10.6 Å². The largest absolute Gasteiger partial charge is 0.358 e. The Morgan fingerprint density at radius 3 is 1.48 bits per heavy atom. The minimum Gasteiger partial charge on any atom is -0.358 e. The van der Waals surface area contributed by atoms with Crippen LogP contribution in [0.25, 0.3) is 0 Å². The van der Waals surface area contributed by atoms with E-state index in [2.05, 4.69) is 26.6 Å². The molecule has 0 spiro atoms. The van der Waals surface area contributed by atoms with Crippen molar-refractivity contribution in [3.8, 4) is 0 Å². The van der Waals surface area contributed by atoms with Crippen LogP contribution in [0.4, 0.5) is 17.1 Å². The van der Waals surface area contributed by atoms with Crippen LogP contribution in [-0.4, -0.2) is 30.6 Å². The van der Waals surface area contributed by atoms with Crippen molar-refractivity contribution in [2.75, 3.05) is 16.0 Å². The molecule has 0 radical (unpaired) electrons. The zero-order valence-corrected chi connectivity index (χ0v) is 17.5. The van der Waals surface area contributed by atoms with Gasteiger partial charge in [0.1, 0.15) is 12.6 Å². The minimum atomic E-state index is -0.356. The second-order valence-electron chi connectivity index (χ2n) is 7.50. The number of benzene rings is 2. The molecule has 29 heavy (non-hydrogen) atoms. The van der Waals surface area contributed by atoms with Gasteiger partial charge < -0.3 is 16.0 Å². The molecule has 2 aromatic carbocycles. The Hall–Kier alpha value is -2.65. The first-order chi connectivity index (χ1) is 13.7. The fraction of sp³-hybridized carbons (Fsp3) is 0.381. The summed E-state index contributed by atoms with van der Waals surface area (Å²) in [6.07, 6.45) is -0.697. The Bertz CT molecular complexity index is 760. The van der Waals surface area contributed by atoms with Crippen molar-refractivity contribution >= 4 is 23.0 Å². The summed E-state index contributed by atoms with van der Waals surface area (Å²) in [5.41, 5.74) is 14.9. The quantitative estimate of drug-likeness (QED) is 0.305. The maximum atomic E-state index is 12.5. The summed E-state index contributed by atoms with van der Waals surface area (Å²) in [6, 6.07) is 15.1. The van der Waals surface area contributed by atoms with Crippen molar-refractivity contribution in [3.63, 3.8) is 0 Å². The summed E-state index contributed by atoms with van der Waals surface area (Å²) in [5.74, 6) is -0.181. The summed E-state index contributed by atoms with van der Waals surface area (Å²) in [5, 5.41) is 15.5. The highest BCUT2D eigenvalue weighted by molar-refractivity contribution is 6.04. The lowest BCUT2D eigenvalue weighted by Gasteiger charge is -2.19. The van der Waals surface area contributed by atoms with Crippen LogP contribution < -0.4 is 38.1 Å². The maximum Gasteiger partial charge on any atom is 0.255 e. The molecule has 0 saturated carbocycles. The molecule has 0 aliphatic carbocycles. The third-order valence-electron chi connectivity index (χ3n) is 3.96.